The van der Waals surface area contributed by atoms with Crippen molar-refractivity contribution in [3.05, 3.63) is 104 Å². The summed E-state index contributed by atoms with van der Waals surface area (Å²) in [6.45, 7) is 5.36. The van der Waals surface area contributed by atoms with Crippen LogP contribution in [0.3, 0.4) is 0 Å². The lowest BCUT2D eigenvalue weighted by molar-refractivity contribution is -0.384. The highest BCUT2D eigenvalue weighted by Crippen LogP contribution is 2.28. The molecule has 10 nitrogen and oxygen atoms in total. The number of nitrogens with zero attached hydrogens (tertiary/aromatic N) is 1. The van der Waals surface area contributed by atoms with Gasteiger partial charge in [0.05, 0.1) is 15.9 Å². The van der Waals surface area contributed by atoms with Crippen molar-refractivity contribution >= 4 is 28.7 Å². The van der Waals surface area contributed by atoms with Gasteiger partial charge in [0, 0.05) is 18.2 Å². The number of alkyl carbamates (subject to hydrolysis) is 1. The Kier molecular flexibility index (Phi) is 8.58. The lowest BCUT2D eigenvalue weighted by Gasteiger charge is -2.22. The van der Waals surface area contributed by atoms with E-state index < -0.39 is 23.0 Å². The van der Waals surface area contributed by atoms with Gasteiger partial charge < -0.3 is 19.2 Å². The molecule has 1 N–H and O–H groups in total. The molecular formula is C30H28N2O8. The van der Waals surface area contributed by atoms with Crippen molar-refractivity contribution < 1.29 is 28.4 Å². The van der Waals surface area contributed by atoms with Crippen molar-refractivity contribution in [1.82, 2.24) is 5.32 Å². The number of hydrogen-bond acceptors (Lipinski definition) is 8. The first-order chi connectivity index (χ1) is 19.2. The molecule has 3 aromatic carbocycles. The number of esters is 1. The number of nitro groups is 1. The minimum atomic E-state index is -0.970. The number of carbonyl (C=O) groups excluding carboxylic acids is 2. The molecule has 0 saturated heterocycles. The summed E-state index contributed by atoms with van der Waals surface area (Å²) in [4.78, 5) is 49.2. The number of carbonyl (C=O) groups is 2. The predicted octanol–water partition coefficient (Wildman–Crippen LogP) is 5.92. The van der Waals surface area contributed by atoms with Crippen molar-refractivity contribution in [2.75, 3.05) is 0 Å². The van der Waals surface area contributed by atoms with Crippen LogP contribution in [0.2, 0.25) is 0 Å². The number of nitro benzene ring substituents is 1. The summed E-state index contributed by atoms with van der Waals surface area (Å²) in [6.07, 6.45) is -0.152. The lowest BCUT2D eigenvalue weighted by Crippen LogP contribution is -2.47. The Labute approximate surface area is 229 Å². The van der Waals surface area contributed by atoms with E-state index in [0.29, 0.717) is 17.7 Å². The first-order valence-corrected chi connectivity index (χ1v) is 12.7. The SMILES string of the molecule is CC[C@@H](C)[C@@H](NC(=O)OCc1ccccc1)C(=O)Oc1ccc2c(=O)c(-c3ccc([N+](=O)[O-])cc3)c(C)oc2c1. The third kappa shape index (κ3) is 6.35. The van der Waals surface area contributed by atoms with Crippen molar-refractivity contribution in [2.24, 2.45) is 5.92 Å². The zero-order chi connectivity index (χ0) is 28.8. The molecule has 1 amide bonds. The second kappa shape index (κ2) is 12.2. The van der Waals surface area contributed by atoms with E-state index in [1.165, 1.54) is 42.5 Å². The van der Waals surface area contributed by atoms with Crippen molar-refractivity contribution in [2.45, 2.75) is 39.8 Å². The van der Waals surface area contributed by atoms with Gasteiger partial charge in [0.25, 0.3) is 5.69 Å². The second-order valence-corrected chi connectivity index (χ2v) is 9.31. The molecule has 0 unspecified atom stereocenters. The fraction of sp³-hybridized carbons (Fsp3) is 0.233. The molecule has 4 aromatic rings. The van der Waals surface area contributed by atoms with Gasteiger partial charge in [-0.2, -0.15) is 0 Å². The maximum Gasteiger partial charge on any atom is 0.408 e. The molecule has 1 aromatic heterocycles. The molecule has 206 valence electrons. The van der Waals surface area contributed by atoms with E-state index in [4.69, 9.17) is 13.9 Å². The Morgan fingerprint density at radius 2 is 1.75 bits per heavy atom. The van der Waals surface area contributed by atoms with Crippen LogP contribution in [0, 0.1) is 23.0 Å². The normalized spacial score (nSPS) is 12.4. The predicted molar refractivity (Wildman–Crippen MR) is 148 cm³/mol. The Balaban J connectivity index is 1.52. The zero-order valence-corrected chi connectivity index (χ0v) is 22.2. The minimum absolute atomic E-state index is 0.0554. The third-order valence-corrected chi connectivity index (χ3v) is 6.58. The van der Waals surface area contributed by atoms with E-state index in [0.717, 1.165) is 5.56 Å². The van der Waals surface area contributed by atoms with Gasteiger partial charge in [0.1, 0.15) is 29.7 Å². The molecule has 0 radical (unpaired) electrons. The van der Waals surface area contributed by atoms with E-state index in [9.17, 15) is 24.5 Å². The van der Waals surface area contributed by atoms with Crippen LogP contribution < -0.4 is 15.5 Å². The summed E-state index contributed by atoms with van der Waals surface area (Å²) in [6, 6.07) is 18.2. The number of ether oxygens (including phenoxy) is 2. The van der Waals surface area contributed by atoms with Gasteiger partial charge in [-0.1, -0.05) is 50.6 Å². The standard InChI is InChI=1S/C30H28N2O8/c1-4-18(2)27(31-30(35)38-17-20-8-6-5-7-9-20)29(34)40-23-14-15-24-25(16-23)39-19(3)26(28(24)33)21-10-12-22(13-11-21)32(36)37/h5-16,18,27H,4,17H2,1-3H3,(H,31,35)/t18-,27-/m1/s1. The van der Waals surface area contributed by atoms with Crippen LogP contribution in [0.25, 0.3) is 22.1 Å². The third-order valence-electron chi connectivity index (χ3n) is 6.58. The smallest absolute Gasteiger partial charge is 0.408 e. The number of fused-ring (bicyclic) bond motifs is 1. The summed E-state index contributed by atoms with van der Waals surface area (Å²) < 4.78 is 16.7. The molecule has 4 rings (SSSR count). The van der Waals surface area contributed by atoms with Gasteiger partial charge in [-0.3, -0.25) is 14.9 Å². The summed E-state index contributed by atoms with van der Waals surface area (Å²) in [5.41, 5.74) is 1.36. The maximum absolute atomic E-state index is 13.3. The molecule has 40 heavy (non-hydrogen) atoms. The Morgan fingerprint density at radius 1 is 1.05 bits per heavy atom. The maximum atomic E-state index is 13.3. The quantitative estimate of drug-likeness (QED) is 0.119. The van der Waals surface area contributed by atoms with E-state index in [-0.39, 0.29) is 45.9 Å². The van der Waals surface area contributed by atoms with Gasteiger partial charge in [0.2, 0.25) is 5.43 Å². The highest BCUT2D eigenvalue weighted by atomic mass is 16.6. The molecule has 0 saturated carbocycles. The average molecular weight is 545 g/mol. The van der Waals surface area contributed by atoms with Crippen molar-refractivity contribution in [1.29, 1.82) is 0 Å². The number of rotatable bonds is 9. The van der Waals surface area contributed by atoms with E-state index in [1.54, 1.807) is 6.92 Å². The molecular weight excluding hydrogens is 516 g/mol. The van der Waals surface area contributed by atoms with Crippen LogP contribution >= 0.6 is 0 Å². The summed E-state index contributed by atoms with van der Waals surface area (Å²) >= 11 is 0. The fourth-order valence-corrected chi connectivity index (χ4v) is 4.17. The molecule has 0 aliphatic rings. The molecule has 0 spiro atoms. The molecule has 1 heterocycles. The number of hydrogen-bond donors (Lipinski definition) is 1. The van der Waals surface area contributed by atoms with E-state index in [1.807, 2.05) is 44.2 Å². The van der Waals surface area contributed by atoms with Gasteiger partial charge >= 0.3 is 12.1 Å². The summed E-state index contributed by atoms with van der Waals surface area (Å²) in [5, 5.41) is 13.8. The minimum Gasteiger partial charge on any atom is -0.460 e. The largest absolute Gasteiger partial charge is 0.460 e. The molecule has 0 fully saturated rings. The van der Waals surface area contributed by atoms with Gasteiger partial charge in [-0.15, -0.1) is 0 Å². The number of amides is 1. The first kappa shape index (κ1) is 28.0. The van der Waals surface area contributed by atoms with Gasteiger partial charge in [-0.05, 0) is 48.2 Å². The zero-order valence-electron chi connectivity index (χ0n) is 22.2. The topological polar surface area (TPSA) is 138 Å². The van der Waals surface area contributed by atoms with Crippen LogP contribution in [0.1, 0.15) is 31.6 Å². The lowest BCUT2D eigenvalue weighted by atomic mass is 9.99. The molecule has 10 heteroatoms. The monoisotopic (exact) mass is 544 g/mol. The molecule has 0 bridgehead atoms. The van der Waals surface area contributed by atoms with Crippen molar-refractivity contribution in [3.8, 4) is 16.9 Å². The number of aryl methyl sites for hydroxylation is 1. The van der Waals surface area contributed by atoms with Crippen molar-refractivity contribution in [3.63, 3.8) is 0 Å². The fourth-order valence-electron chi connectivity index (χ4n) is 4.17. The Morgan fingerprint density at radius 3 is 2.40 bits per heavy atom. The molecule has 2 atom stereocenters. The molecule has 0 aliphatic heterocycles. The van der Waals surface area contributed by atoms with Crippen LogP contribution in [-0.4, -0.2) is 23.0 Å². The second-order valence-electron chi connectivity index (χ2n) is 9.31. The summed E-state index contributed by atoms with van der Waals surface area (Å²) in [5.74, 6) is -0.500. The van der Waals surface area contributed by atoms with E-state index >= 15 is 0 Å². The van der Waals surface area contributed by atoms with Crippen LogP contribution in [0.15, 0.2) is 82.0 Å². The van der Waals surface area contributed by atoms with Gasteiger partial charge in [0.15, 0.2) is 0 Å². The number of nitrogens with one attached hydrogen (secondary N) is 1. The summed E-state index contributed by atoms with van der Waals surface area (Å²) in [7, 11) is 0. The first-order valence-electron chi connectivity index (χ1n) is 12.7. The van der Waals surface area contributed by atoms with Crippen LogP contribution in [0.5, 0.6) is 5.75 Å². The van der Waals surface area contributed by atoms with E-state index in [2.05, 4.69) is 5.32 Å². The highest BCUT2D eigenvalue weighted by Gasteiger charge is 2.29. The number of benzene rings is 3. The van der Waals surface area contributed by atoms with Gasteiger partial charge in [-0.25, -0.2) is 9.59 Å². The van der Waals surface area contributed by atoms with Crippen LogP contribution in [0.4, 0.5) is 10.5 Å². The Hall–Kier alpha value is -4.99. The molecule has 0 aliphatic carbocycles. The average Bonchev–Trinajstić information content (AvgIpc) is 2.95. The van der Waals surface area contributed by atoms with Crippen LogP contribution in [-0.2, 0) is 16.1 Å². The Bertz CT molecular complexity index is 1600. The highest BCUT2D eigenvalue weighted by molar-refractivity contribution is 5.86. The number of non-ortho nitro benzene ring substituents is 1.